The minimum absolute atomic E-state index is 0.00793. The van der Waals surface area contributed by atoms with Gasteiger partial charge in [-0.25, -0.2) is 13.2 Å². The molecule has 0 heterocycles. The lowest BCUT2D eigenvalue weighted by Gasteiger charge is -2.14. The van der Waals surface area contributed by atoms with Gasteiger partial charge < -0.3 is 10.4 Å². The van der Waals surface area contributed by atoms with Gasteiger partial charge in [-0.2, -0.15) is 0 Å². The SMILES string of the molecule is OC(CNc1cccc(F)c1)c1ccc(F)cc1F. The van der Waals surface area contributed by atoms with Crippen LogP contribution in [0.25, 0.3) is 0 Å². The molecular formula is C14H12F3NO. The van der Waals surface area contributed by atoms with Gasteiger partial charge in [0, 0.05) is 23.9 Å². The largest absolute Gasteiger partial charge is 0.386 e. The Morgan fingerprint density at radius 2 is 1.74 bits per heavy atom. The lowest BCUT2D eigenvalue weighted by Crippen LogP contribution is -2.13. The van der Waals surface area contributed by atoms with Gasteiger partial charge in [0.15, 0.2) is 0 Å². The smallest absolute Gasteiger partial charge is 0.131 e. The van der Waals surface area contributed by atoms with Gasteiger partial charge in [0.1, 0.15) is 17.5 Å². The molecular weight excluding hydrogens is 255 g/mol. The Morgan fingerprint density at radius 3 is 2.42 bits per heavy atom. The number of benzene rings is 2. The second-order valence-electron chi connectivity index (χ2n) is 4.07. The van der Waals surface area contributed by atoms with Crippen LogP contribution < -0.4 is 5.32 Å². The van der Waals surface area contributed by atoms with E-state index in [0.717, 1.165) is 6.07 Å². The van der Waals surface area contributed by atoms with Gasteiger partial charge in [0.05, 0.1) is 6.10 Å². The fraction of sp³-hybridized carbons (Fsp3) is 0.143. The Morgan fingerprint density at radius 1 is 1.00 bits per heavy atom. The van der Waals surface area contributed by atoms with Crippen molar-refractivity contribution in [3.63, 3.8) is 0 Å². The maximum Gasteiger partial charge on any atom is 0.131 e. The summed E-state index contributed by atoms with van der Waals surface area (Å²) < 4.78 is 39.0. The molecule has 0 aromatic heterocycles. The van der Waals surface area contributed by atoms with E-state index >= 15 is 0 Å². The van der Waals surface area contributed by atoms with E-state index in [0.29, 0.717) is 11.8 Å². The summed E-state index contributed by atoms with van der Waals surface area (Å²) in [4.78, 5) is 0. The van der Waals surface area contributed by atoms with E-state index < -0.39 is 23.6 Å². The van der Waals surface area contributed by atoms with Crippen molar-refractivity contribution in [3.05, 3.63) is 65.5 Å². The van der Waals surface area contributed by atoms with Gasteiger partial charge in [-0.05, 0) is 24.3 Å². The van der Waals surface area contributed by atoms with Gasteiger partial charge in [-0.3, -0.25) is 0 Å². The molecule has 2 rings (SSSR count). The van der Waals surface area contributed by atoms with E-state index in [2.05, 4.69) is 5.32 Å². The third-order valence-electron chi connectivity index (χ3n) is 2.65. The predicted octanol–water partition coefficient (Wildman–Crippen LogP) is 3.25. The average molecular weight is 267 g/mol. The molecule has 0 fully saturated rings. The third-order valence-corrected chi connectivity index (χ3v) is 2.65. The molecule has 1 unspecified atom stereocenters. The van der Waals surface area contributed by atoms with Crippen LogP contribution in [0.4, 0.5) is 18.9 Å². The Hall–Kier alpha value is -2.01. The number of aliphatic hydroxyl groups is 1. The minimum Gasteiger partial charge on any atom is -0.386 e. The summed E-state index contributed by atoms with van der Waals surface area (Å²) in [6.45, 7) is -0.00793. The second-order valence-corrected chi connectivity index (χ2v) is 4.07. The molecule has 0 radical (unpaired) electrons. The van der Waals surface area contributed by atoms with Crippen LogP contribution in [-0.2, 0) is 0 Å². The van der Waals surface area contributed by atoms with Crippen LogP contribution in [0.15, 0.2) is 42.5 Å². The van der Waals surface area contributed by atoms with Crippen molar-refractivity contribution in [1.82, 2.24) is 0 Å². The highest BCUT2D eigenvalue weighted by Crippen LogP contribution is 2.19. The first-order valence-corrected chi connectivity index (χ1v) is 5.69. The summed E-state index contributed by atoms with van der Waals surface area (Å²) >= 11 is 0. The maximum absolute atomic E-state index is 13.4. The summed E-state index contributed by atoms with van der Waals surface area (Å²) in [5.41, 5.74) is 0.465. The standard InChI is InChI=1S/C14H12F3NO/c15-9-2-1-3-11(6-9)18-8-14(19)12-5-4-10(16)7-13(12)17/h1-7,14,18-19H,8H2. The van der Waals surface area contributed by atoms with Crippen molar-refractivity contribution in [1.29, 1.82) is 0 Å². The average Bonchev–Trinajstić information content (AvgIpc) is 2.36. The van der Waals surface area contributed by atoms with E-state index in [4.69, 9.17) is 0 Å². The molecule has 0 amide bonds. The molecule has 0 aliphatic rings. The van der Waals surface area contributed by atoms with Crippen molar-refractivity contribution in [3.8, 4) is 0 Å². The van der Waals surface area contributed by atoms with E-state index in [1.807, 2.05) is 0 Å². The Labute approximate surface area is 108 Å². The van der Waals surface area contributed by atoms with Crippen LogP contribution in [-0.4, -0.2) is 11.7 Å². The van der Waals surface area contributed by atoms with Crippen LogP contribution in [0, 0.1) is 17.5 Å². The lowest BCUT2D eigenvalue weighted by molar-refractivity contribution is 0.186. The number of halogens is 3. The van der Waals surface area contributed by atoms with Crippen molar-refractivity contribution in [2.24, 2.45) is 0 Å². The number of rotatable bonds is 4. The quantitative estimate of drug-likeness (QED) is 0.891. The molecule has 0 bridgehead atoms. The lowest BCUT2D eigenvalue weighted by atomic mass is 10.1. The molecule has 2 N–H and O–H groups in total. The minimum atomic E-state index is -1.15. The Balaban J connectivity index is 2.03. The zero-order valence-electron chi connectivity index (χ0n) is 9.91. The van der Waals surface area contributed by atoms with Crippen molar-refractivity contribution >= 4 is 5.69 Å². The fourth-order valence-electron chi connectivity index (χ4n) is 1.69. The molecule has 0 spiro atoms. The fourth-order valence-corrected chi connectivity index (χ4v) is 1.69. The van der Waals surface area contributed by atoms with Crippen LogP contribution in [0.2, 0.25) is 0 Å². The molecule has 5 heteroatoms. The highest BCUT2D eigenvalue weighted by molar-refractivity contribution is 5.43. The van der Waals surface area contributed by atoms with Gasteiger partial charge in [0.2, 0.25) is 0 Å². The van der Waals surface area contributed by atoms with Crippen LogP contribution in [0.1, 0.15) is 11.7 Å². The van der Waals surface area contributed by atoms with E-state index in [9.17, 15) is 18.3 Å². The third kappa shape index (κ3) is 3.48. The maximum atomic E-state index is 13.4. The summed E-state index contributed by atoms with van der Waals surface area (Å²) in [7, 11) is 0. The number of hydrogen-bond donors (Lipinski definition) is 2. The van der Waals surface area contributed by atoms with E-state index in [1.54, 1.807) is 6.07 Å². The van der Waals surface area contributed by atoms with Gasteiger partial charge in [-0.15, -0.1) is 0 Å². The van der Waals surface area contributed by atoms with Crippen molar-refractivity contribution in [2.75, 3.05) is 11.9 Å². The van der Waals surface area contributed by atoms with Crippen LogP contribution in [0.5, 0.6) is 0 Å². The molecule has 19 heavy (non-hydrogen) atoms. The molecule has 0 aliphatic heterocycles. The molecule has 0 aliphatic carbocycles. The van der Waals surface area contributed by atoms with Crippen molar-refractivity contribution < 1.29 is 18.3 Å². The molecule has 0 saturated heterocycles. The first-order chi connectivity index (χ1) is 9.06. The summed E-state index contributed by atoms with van der Waals surface area (Å²) in [6, 6.07) is 8.65. The van der Waals surface area contributed by atoms with Gasteiger partial charge >= 0.3 is 0 Å². The molecule has 2 aromatic carbocycles. The Bertz CT molecular complexity index is 574. The number of hydrogen-bond acceptors (Lipinski definition) is 2. The first kappa shape index (κ1) is 13.4. The second kappa shape index (κ2) is 5.75. The summed E-state index contributed by atoms with van der Waals surface area (Å²) in [5, 5.41) is 12.6. The summed E-state index contributed by atoms with van der Waals surface area (Å²) in [5.74, 6) is -1.92. The molecule has 2 nitrogen and oxygen atoms in total. The zero-order valence-corrected chi connectivity index (χ0v) is 9.91. The van der Waals surface area contributed by atoms with Crippen molar-refractivity contribution in [2.45, 2.75) is 6.10 Å². The normalized spacial score (nSPS) is 12.2. The van der Waals surface area contributed by atoms with E-state index in [-0.39, 0.29) is 12.1 Å². The zero-order chi connectivity index (χ0) is 13.8. The molecule has 100 valence electrons. The van der Waals surface area contributed by atoms with E-state index in [1.165, 1.54) is 24.3 Å². The van der Waals surface area contributed by atoms with Crippen LogP contribution in [0.3, 0.4) is 0 Å². The molecule has 0 saturated carbocycles. The predicted molar refractivity (Wildman–Crippen MR) is 66.2 cm³/mol. The van der Waals surface area contributed by atoms with Gasteiger partial charge in [-0.1, -0.05) is 12.1 Å². The Kier molecular flexibility index (Phi) is 4.06. The number of anilines is 1. The molecule has 2 aromatic rings. The van der Waals surface area contributed by atoms with Gasteiger partial charge in [0.25, 0.3) is 0 Å². The highest BCUT2D eigenvalue weighted by atomic mass is 19.1. The monoisotopic (exact) mass is 267 g/mol. The topological polar surface area (TPSA) is 32.3 Å². The number of aliphatic hydroxyl groups excluding tert-OH is 1. The van der Waals surface area contributed by atoms with Crippen LogP contribution >= 0.6 is 0 Å². The molecule has 1 atom stereocenters. The first-order valence-electron chi connectivity index (χ1n) is 5.69. The number of nitrogens with one attached hydrogen (secondary N) is 1. The summed E-state index contributed by atoms with van der Waals surface area (Å²) in [6.07, 6.45) is -1.15. The highest BCUT2D eigenvalue weighted by Gasteiger charge is 2.13.